The van der Waals surface area contributed by atoms with Crippen LogP contribution >= 0.6 is 11.6 Å². The number of nitrogens with two attached hydrogens (primary N) is 1. The first-order chi connectivity index (χ1) is 15.3. The number of nitrogen functional groups attached to an aromatic ring is 1. The normalized spacial score (nSPS) is 11.1. The molecule has 0 bridgehead atoms. The minimum Gasteiger partial charge on any atom is -0.480 e. The number of methoxy groups -OCH3 is 1. The molecule has 0 saturated carbocycles. The molecule has 0 aliphatic heterocycles. The molecule has 0 radical (unpaired) electrons. The number of ether oxygens (including phenoxy) is 1. The van der Waals surface area contributed by atoms with E-state index < -0.39 is 21.7 Å². The highest BCUT2D eigenvalue weighted by molar-refractivity contribution is 7.92. The van der Waals surface area contributed by atoms with Gasteiger partial charge < -0.3 is 10.5 Å². The average molecular weight is 473 g/mol. The van der Waals surface area contributed by atoms with E-state index in [0.717, 1.165) is 6.07 Å². The van der Waals surface area contributed by atoms with Crippen LogP contribution in [0.5, 0.6) is 5.88 Å². The molecule has 0 atom stereocenters. The fourth-order valence-electron chi connectivity index (χ4n) is 2.80. The molecule has 0 unspecified atom stereocenters. The lowest BCUT2D eigenvalue weighted by Crippen LogP contribution is -2.17. The number of fused-ring (bicyclic) bond motifs is 1. The lowest BCUT2D eigenvalue weighted by atomic mass is 10.2. The van der Waals surface area contributed by atoms with Gasteiger partial charge in [-0.3, -0.25) is 9.12 Å². The van der Waals surface area contributed by atoms with Crippen LogP contribution in [0.3, 0.4) is 0 Å². The van der Waals surface area contributed by atoms with Gasteiger partial charge in [-0.15, -0.1) is 0 Å². The number of aromatic nitrogens is 4. The van der Waals surface area contributed by atoms with Crippen molar-refractivity contribution >= 4 is 38.8 Å². The van der Waals surface area contributed by atoms with E-state index in [9.17, 15) is 12.8 Å². The summed E-state index contributed by atoms with van der Waals surface area (Å²) in [4.78, 5) is 11.4. The number of hydrogen-bond acceptors (Lipinski definition) is 7. The summed E-state index contributed by atoms with van der Waals surface area (Å²) in [5.41, 5.74) is 7.26. The van der Waals surface area contributed by atoms with Crippen LogP contribution in [0.25, 0.3) is 5.65 Å². The van der Waals surface area contributed by atoms with Crippen LogP contribution in [-0.2, 0) is 10.0 Å². The molecule has 4 aromatic heterocycles. The van der Waals surface area contributed by atoms with Crippen molar-refractivity contribution in [1.29, 1.82) is 0 Å². The number of nitrogens with zero attached hydrogens (tertiary/aromatic N) is 4. The third-order valence-corrected chi connectivity index (χ3v) is 5.82. The van der Waals surface area contributed by atoms with Crippen molar-refractivity contribution < 1.29 is 17.5 Å². The summed E-state index contributed by atoms with van der Waals surface area (Å²) in [7, 11) is -3.06. The van der Waals surface area contributed by atoms with E-state index in [4.69, 9.17) is 22.1 Å². The molecule has 0 saturated heterocycles. The summed E-state index contributed by atoms with van der Waals surface area (Å²) in [5, 5.41) is 0.0629. The lowest BCUT2D eigenvalue weighted by Gasteiger charge is -2.11. The molecular weight excluding hydrogens is 459 g/mol. The van der Waals surface area contributed by atoms with Gasteiger partial charge in [-0.25, -0.2) is 27.8 Å². The van der Waals surface area contributed by atoms with E-state index in [-0.39, 0.29) is 21.4 Å². The van der Waals surface area contributed by atoms with Gasteiger partial charge in [-0.2, -0.15) is 0 Å². The highest BCUT2D eigenvalue weighted by Crippen LogP contribution is 2.27. The molecule has 162 valence electrons. The average Bonchev–Trinajstić information content (AvgIpc) is 3.19. The Balaban J connectivity index is 1.69. The molecular formula is C20H14ClFN6O3S. The van der Waals surface area contributed by atoms with Crippen molar-refractivity contribution in [3.05, 3.63) is 71.2 Å². The number of imidazole rings is 1. The van der Waals surface area contributed by atoms with E-state index in [1.165, 1.54) is 31.8 Å². The fraction of sp³-hybridized carbons (Fsp3) is 0.0500. The maximum absolute atomic E-state index is 15.0. The Morgan fingerprint density at radius 1 is 1.22 bits per heavy atom. The molecule has 0 aliphatic rings. The summed E-state index contributed by atoms with van der Waals surface area (Å²) >= 11 is 5.85. The van der Waals surface area contributed by atoms with E-state index >= 15 is 0 Å². The zero-order chi connectivity index (χ0) is 22.9. The molecule has 4 heterocycles. The maximum Gasteiger partial charge on any atom is 0.268 e. The van der Waals surface area contributed by atoms with Gasteiger partial charge in [0.25, 0.3) is 10.0 Å². The Bertz CT molecular complexity index is 1510. The van der Waals surface area contributed by atoms with Crippen LogP contribution in [0.4, 0.5) is 15.9 Å². The summed E-state index contributed by atoms with van der Waals surface area (Å²) in [6, 6.07) is 5.88. The van der Waals surface area contributed by atoms with Crippen molar-refractivity contribution in [3.63, 3.8) is 0 Å². The van der Waals surface area contributed by atoms with Gasteiger partial charge in [0.05, 0.1) is 29.6 Å². The first-order valence-corrected chi connectivity index (χ1v) is 10.8. The molecule has 4 rings (SSSR count). The van der Waals surface area contributed by atoms with Gasteiger partial charge in [0.1, 0.15) is 5.69 Å². The van der Waals surface area contributed by atoms with Crippen LogP contribution in [0.2, 0.25) is 5.02 Å². The van der Waals surface area contributed by atoms with Crippen molar-refractivity contribution in [1.82, 2.24) is 19.4 Å². The van der Waals surface area contributed by atoms with Gasteiger partial charge in [-0.1, -0.05) is 17.5 Å². The first-order valence-electron chi connectivity index (χ1n) is 8.90. The predicted octanol–water partition coefficient (Wildman–Crippen LogP) is 2.71. The smallest absolute Gasteiger partial charge is 0.268 e. The zero-order valence-electron chi connectivity index (χ0n) is 16.4. The monoisotopic (exact) mass is 472 g/mol. The SMILES string of the molecule is COc1ncc(Cl)cc1S(=O)(=O)Nc1nccc(C#Cc2cnc3c(N)cccn23)c1F. The van der Waals surface area contributed by atoms with E-state index in [1.807, 2.05) is 0 Å². The van der Waals surface area contributed by atoms with E-state index in [0.29, 0.717) is 17.0 Å². The summed E-state index contributed by atoms with van der Waals surface area (Å²) in [6.45, 7) is 0. The number of hydrogen-bond donors (Lipinski definition) is 2. The number of sulfonamides is 1. The molecule has 0 aliphatic carbocycles. The van der Waals surface area contributed by atoms with Gasteiger partial charge >= 0.3 is 0 Å². The molecule has 9 nitrogen and oxygen atoms in total. The largest absolute Gasteiger partial charge is 0.480 e. The minimum absolute atomic E-state index is 0.0629. The van der Waals surface area contributed by atoms with Gasteiger partial charge in [0, 0.05) is 18.6 Å². The Morgan fingerprint density at radius 3 is 2.81 bits per heavy atom. The molecule has 0 fully saturated rings. The molecule has 12 heteroatoms. The zero-order valence-corrected chi connectivity index (χ0v) is 17.9. The van der Waals surface area contributed by atoms with Crippen molar-refractivity contribution in [2.45, 2.75) is 4.90 Å². The second kappa shape index (κ2) is 8.33. The molecule has 0 spiro atoms. The van der Waals surface area contributed by atoms with Crippen LogP contribution < -0.4 is 15.2 Å². The first kappa shape index (κ1) is 21.4. The second-order valence-corrected chi connectivity index (χ2v) is 8.43. The quantitative estimate of drug-likeness (QED) is 0.437. The Labute approximate surface area is 187 Å². The predicted molar refractivity (Wildman–Crippen MR) is 116 cm³/mol. The van der Waals surface area contributed by atoms with Gasteiger partial charge in [0.15, 0.2) is 22.2 Å². The Morgan fingerprint density at radius 2 is 2.03 bits per heavy atom. The molecule has 4 aromatic rings. The lowest BCUT2D eigenvalue weighted by molar-refractivity contribution is 0.385. The number of rotatable bonds is 4. The van der Waals surface area contributed by atoms with Crippen LogP contribution in [0.15, 0.2) is 53.9 Å². The fourth-order valence-corrected chi connectivity index (χ4v) is 4.18. The van der Waals surface area contributed by atoms with Crippen LogP contribution in [0.1, 0.15) is 11.3 Å². The summed E-state index contributed by atoms with van der Waals surface area (Å²) < 4.78 is 49.2. The molecule has 0 aromatic carbocycles. The summed E-state index contributed by atoms with van der Waals surface area (Å²) in [5.74, 6) is 3.77. The Hall–Kier alpha value is -3.88. The molecule has 32 heavy (non-hydrogen) atoms. The van der Waals surface area contributed by atoms with E-state index in [2.05, 4.69) is 31.5 Å². The highest BCUT2D eigenvalue weighted by atomic mass is 35.5. The van der Waals surface area contributed by atoms with E-state index in [1.54, 1.807) is 22.7 Å². The number of nitrogens with one attached hydrogen (secondary N) is 1. The number of halogens is 2. The third-order valence-electron chi connectivity index (χ3n) is 4.28. The Kier molecular flexibility index (Phi) is 5.56. The van der Waals surface area contributed by atoms with Crippen molar-refractivity contribution in [2.75, 3.05) is 17.6 Å². The van der Waals surface area contributed by atoms with Crippen LogP contribution in [-0.4, -0.2) is 34.9 Å². The topological polar surface area (TPSA) is 124 Å². The van der Waals surface area contributed by atoms with Crippen molar-refractivity contribution in [3.8, 4) is 17.7 Å². The number of pyridine rings is 3. The summed E-state index contributed by atoms with van der Waals surface area (Å²) in [6.07, 6.45) is 5.67. The number of anilines is 2. The van der Waals surface area contributed by atoms with Gasteiger partial charge in [0.2, 0.25) is 5.88 Å². The van der Waals surface area contributed by atoms with Gasteiger partial charge in [-0.05, 0) is 30.2 Å². The van der Waals surface area contributed by atoms with Crippen molar-refractivity contribution in [2.24, 2.45) is 0 Å². The highest BCUT2D eigenvalue weighted by Gasteiger charge is 2.24. The maximum atomic E-state index is 15.0. The standard InChI is InChI=1S/C20H14ClFN6O3S/c1-31-20-16(9-13(21)10-26-20)32(29,30)27-18-17(22)12(6-7-24-18)4-5-14-11-25-19-15(23)3-2-8-28(14)19/h2-3,6-11H,23H2,1H3,(H,24,27). The third kappa shape index (κ3) is 4.01. The van der Waals surface area contributed by atoms with Crippen LogP contribution in [0, 0.1) is 17.7 Å². The second-order valence-electron chi connectivity index (χ2n) is 6.34. The molecule has 0 amide bonds. The minimum atomic E-state index is -4.31. The molecule has 3 N–H and O–H groups in total.